The van der Waals surface area contributed by atoms with Crippen molar-refractivity contribution in [2.75, 3.05) is 13.7 Å². The monoisotopic (exact) mass is 347 g/mol. The summed E-state index contributed by atoms with van der Waals surface area (Å²) in [4.78, 5) is 19.3. The number of carbonyl (C=O) groups excluding carboxylic acids is 1. The van der Waals surface area contributed by atoms with Crippen molar-refractivity contribution >= 4 is 5.91 Å². The Kier molecular flexibility index (Phi) is 5.53. The molecule has 25 heavy (non-hydrogen) atoms. The van der Waals surface area contributed by atoms with Crippen LogP contribution in [0.3, 0.4) is 0 Å². The summed E-state index contributed by atoms with van der Waals surface area (Å²) in [6, 6.07) is 3.30. The Balaban J connectivity index is 1.84. The van der Waals surface area contributed by atoms with Gasteiger partial charge in [0.05, 0.1) is 6.04 Å². The van der Waals surface area contributed by atoms with Gasteiger partial charge in [0, 0.05) is 19.6 Å². The third kappa shape index (κ3) is 3.92. The van der Waals surface area contributed by atoms with Gasteiger partial charge in [-0.2, -0.15) is 4.98 Å². The Bertz CT molecular complexity index is 707. The van der Waals surface area contributed by atoms with Gasteiger partial charge in [0.25, 0.3) is 5.91 Å². The highest BCUT2D eigenvalue weighted by Crippen LogP contribution is 2.31. The third-order valence-electron chi connectivity index (χ3n) is 4.42. The van der Waals surface area contributed by atoms with E-state index in [4.69, 9.17) is 13.7 Å². The van der Waals surface area contributed by atoms with Crippen molar-refractivity contribution in [2.45, 2.75) is 58.1 Å². The second kappa shape index (κ2) is 7.82. The largest absolute Gasteiger partial charge is 0.453 e. The first-order valence-corrected chi connectivity index (χ1v) is 8.82. The van der Waals surface area contributed by atoms with E-state index in [1.54, 1.807) is 19.2 Å². The smallest absolute Gasteiger partial charge is 0.290 e. The van der Waals surface area contributed by atoms with E-state index in [1.807, 2.05) is 18.7 Å². The molecule has 1 fully saturated rings. The predicted molar refractivity (Wildman–Crippen MR) is 90.1 cm³/mol. The van der Waals surface area contributed by atoms with Gasteiger partial charge in [-0.05, 0) is 25.0 Å². The van der Waals surface area contributed by atoms with Crippen molar-refractivity contribution < 1.29 is 18.5 Å². The molecule has 0 spiro atoms. The van der Waals surface area contributed by atoms with Crippen LogP contribution in [0, 0.1) is 0 Å². The van der Waals surface area contributed by atoms with E-state index in [0.29, 0.717) is 36.4 Å². The molecule has 1 aliphatic rings. The third-order valence-corrected chi connectivity index (χ3v) is 4.42. The molecule has 3 heterocycles. The van der Waals surface area contributed by atoms with Crippen LogP contribution in [0.15, 0.2) is 21.1 Å². The van der Waals surface area contributed by atoms with Crippen molar-refractivity contribution in [3.63, 3.8) is 0 Å². The highest BCUT2D eigenvalue weighted by molar-refractivity contribution is 5.91. The molecule has 0 unspecified atom stereocenters. The molecule has 7 nitrogen and oxygen atoms in total. The molecule has 0 bridgehead atoms. The molecular formula is C18H25N3O4. The molecule has 1 saturated heterocycles. The van der Waals surface area contributed by atoms with Crippen LogP contribution in [0.25, 0.3) is 0 Å². The van der Waals surface area contributed by atoms with E-state index >= 15 is 0 Å². The van der Waals surface area contributed by atoms with Crippen molar-refractivity contribution in [3.8, 4) is 0 Å². The quantitative estimate of drug-likeness (QED) is 0.820. The van der Waals surface area contributed by atoms with E-state index < -0.39 is 0 Å². The summed E-state index contributed by atoms with van der Waals surface area (Å²) in [5.74, 6) is 2.18. The van der Waals surface area contributed by atoms with Crippen LogP contribution in [0.5, 0.6) is 0 Å². The lowest BCUT2D eigenvalue weighted by atomic mass is 10.1. The molecule has 1 amide bonds. The summed E-state index contributed by atoms with van der Waals surface area (Å²) in [5.41, 5.74) is 0. The zero-order valence-corrected chi connectivity index (χ0v) is 15.0. The molecule has 0 radical (unpaired) electrons. The Hall–Kier alpha value is -2.15. The number of furan rings is 1. The van der Waals surface area contributed by atoms with E-state index in [1.165, 1.54) is 0 Å². The maximum absolute atomic E-state index is 13.0. The van der Waals surface area contributed by atoms with Crippen molar-refractivity contribution in [2.24, 2.45) is 0 Å². The van der Waals surface area contributed by atoms with Gasteiger partial charge in [0.15, 0.2) is 11.6 Å². The van der Waals surface area contributed by atoms with Crippen LogP contribution in [0.2, 0.25) is 0 Å². The maximum atomic E-state index is 13.0. The predicted octanol–water partition coefficient (Wildman–Crippen LogP) is 3.69. The topological polar surface area (TPSA) is 81.6 Å². The van der Waals surface area contributed by atoms with E-state index in [0.717, 1.165) is 25.7 Å². The molecule has 2 aromatic rings. The number of nitrogens with zero attached hydrogens (tertiary/aromatic N) is 3. The normalized spacial score (nSPS) is 18.6. The van der Waals surface area contributed by atoms with Crippen molar-refractivity contribution in [1.82, 2.24) is 15.0 Å². The molecule has 136 valence electrons. The van der Waals surface area contributed by atoms with Gasteiger partial charge in [-0.3, -0.25) is 4.79 Å². The number of hydrogen-bond acceptors (Lipinski definition) is 6. The van der Waals surface area contributed by atoms with Gasteiger partial charge in [-0.15, -0.1) is 0 Å². The van der Waals surface area contributed by atoms with Crippen LogP contribution in [-0.2, 0) is 11.3 Å². The first kappa shape index (κ1) is 17.7. The molecule has 0 aromatic carbocycles. The van der Waals surface area contributed by atoms with Gasteiger partial charge in [0.1, 0.15) is 12.4 Å². The van der Waals surface area contributed by atoms with E-state index in [-0.39, 0.29) is 17.9 Å². The molecule has 0 aliphatic carbocycles. The Morgan fingerprint density at radius 1 is 1.36 bits per heavy atom. The highest BCUT2D eigenvalue weighted by atomic mass is 16.5. The summed E-state index contributed by atoms with van der Waals surface area (Å²) in [5, 5.41) is 4.13. The zero-order valence-electron chi connectivity index (χ0n) is 15.0. The number of carbonyl (C=O) groups is 1. The average molecular weight is 347 g/mol. The van der Waals surface area contributed by atoms with Crippen LogP contribution in [-0.4, -0.2) is 34.6 Å². The van der Waals surface area contributed by atoms with Gasteiger partial charge in [-0.1, -0.05) is 31.8 Å². The summed E-state index contributed by atoms with van der Waals surface area (Å²) in [7, 11) is 1.59. The molecule has 3 rings (SSSR count). The van der Waals surface area contributed by atoms with Gasteiger partial charge < -0.3 is 18.6 Å². The molecule has 2 aromatic heterocycles. The van der Waals surface area contributed by atoms with Crippen LogP contribution in [0.4, 0.5) is 0 Å². The van der Waals surface area contributed by atoms with Crippen LogP contribution < -0.4 is 0 Å². The second-order valence-corrected chi connectivity index (χ2v) is 6.71. The Morgan fingerprint density at radius 3 is 2.92 bits per heavy atom. The fraction of sp³-hybridized carbons (Fsp3) is 0.611. The molecule has 1 atom stereocenters. The number of rotatable bonds is 5. The second-order valence-electron chi connectivity index (χ2n) is 6.71. The number of hydrogen-bond donors (Lipinski definition) is 0. The zero-order chi connectivity index (χ0) is 17.8. The summed E-state index contributed by atoms with van der Waals surface area (Å²) < 4.78 is 16.0. The van der Waals surface area contributed by atoms with Gasteiger partial charge in [-0.25, -0.2) is 0 Å². The standard InChI is InChI=1S/C18H25N3O4/c1-12(2)17-19-16(20-25-17)14-7-5-4-6-10-21(14)18(22)15-9-8-13(24-15)11-23-3/h8-9,12,14H,4-7,10-11H2,1-3H3/t14-/m0/s1. The number of ether oxygens (including phenoxy) is 1. The minimum Gasteiger partial charge on any atom is -0.453 e. The van der Waals surface area contributed by atoms with Gasteiger partial charge >= 0.3 is 0 Å². The summed E-state index contributed by atoms with van der Waals surface area (Å²) in [6.45, 7) is 5.02. The molecule has 0 saturated carbocycles. The Morgan fingerprint density at radius 2 is 2.20 bits per heavy atom. The van der Waals surface area contributed by atoms with Crippen LogP contribution >= 0.6 is 0 Å². The average Bonchev–Trinajstić information content (AvgIpc) is 3.19. The lowest BCUT2D eigenvalue weighted by Gasteiger charge is -2.26. The SMILES string of the molecule is COCc1ccc(C(=O)N2CCCCC[C@H]2c2noc(C(C)C)n2)o1. The maximum Gasteiger partial charge on any atom is 0.290 e. The minimum absolute atomic E-state index is 0.134. The fourth-order valence-corrected chi connectivity index (χ4v) is 3.09. The number of aromatic nitrogens is 2. The van der Waals surface area contributed by atoms with E-state index in [9.17, 15) is 4.79 Å². The number of methoxy groups -OCH3 is 1. The van der Waals surface area contributed by atoms with Gasteiger partial charge in [0.2, 0.25) is 5.89 Å². The lowest BCUT2D eigenvalue weighted by Crippen LogP contribution is -2.35. The number of amides is 1. The molecule has 0 N–H and O–H groups in total. The van der Waals surface area contributed by atoms with E-state index in [2.05, 4.69) is 10.1 Å². The van der Waals surface area contributed by atoms with Crippen molar-refractivity contribution in [1.29, 1.82) is 0 Å². The highest BCUT2D eigenvalue weighted by Gasteiger charge is 2.32. The van der Waals surface area contributed by atoms with Crippen molar-refractivity contribution in [3.05, 3.63) is 35.4 Å². The minimum atomic E-state index is -0.178. The first-order chi connectivity index (χ1) is 12.1. The number of likely N-dealkylation sites (tertiary alicyclic amines) is 1. The Labute approximate surface area is 147 Å². The lowest BCUT2D eigenvalue weighted by molar-refractivity contribution is 0.0630. The molecule has 1 aliphatic heterocycles. The first-order valence-electron chi connectivity index (χ1n) is 8.82. The summed E-state index contributed by atoms with van der Waals surface area (Å²) in [6.07, 6.45) is 3.91. The van der Waals surface area contributed by atoms with Crippen LogP contribution in [0.1, 0.15) is 79.5 Å². The fourth-order valence-electron chi connectivity index (χ4n) is 3.09. The summed E-state index contributed by atoms with van der Waals surface area (Å²) >= 11 is 0. The molecular weight excluding hydrogens is 322 g/mol. The molecule has 7 heteroatoms.